The van der Waals surface area contributed by atoms with Gasteiger partial charge in [0.05, 0.1) is 11.0 Å². The fraction of sp³-hybridized carbons (Fsp3) is 0.438. The van der Waals surface area contributed by atoms with Crippen molar-refractivity contribution in [2.75, 3.05) is 36.4 Å². The molecule has 0 unspecified atom stereocenters. The van der Waals surface area contributed by atoms with Crippen LogP contribution in [0.2, 0.25) is 0 Å². The van der Waals surface area contributed by atoms with Crippen LogP contribution in [0.25, 0.3) is 11.0 Å². The summed E-state index contributed by atoms with van der Waals surface area (Å²) in [6.45, 7) is 3.07. The number of carbonyl (C=O) groups excluding carboxylic acids is 1. The Labute approximate surface area is 129 Å². The van der Waals surface area contributed by atoms with Gasteiger partial charge in [-0.25, -0.2) is 9.97 Å². The molecule has 1 saturated carbocycles. The summed E-state index contributed by atoms with van der Waals surface area (Å²) in [6.07, 6.45) is 3.33. The SMILES string of the molecule is O=CN1CCN(c2nc3ccccc3nc2NC2CC2)CC1. The fourth-order valence-corrected chi connectivity index (χ4v) is 2.77. The van der Waals surface area contributed by atoms with E-state index in [2.05, 4.69) is 10.2 Å². The molecule has 2 heterocycles. The van der Waals surface area contributed by atoms with Gasteiger partial charge in [-0.15, -0.1) is 0 Å². The number of rotatable bonds is 4. The molecule has 0 atom stereocenters. The Balaban J connectivity index is 1.69. The first-order valence-corrected chi connectivity index (χ1v) is 7.81. The van der Waals surface area contributed by atoms with Gasteiger partial charge in [-0.3, -0.25) is 4.79 Å². The zero-order valence-corrected chi connectivity index (χ0v) is 12.4. The molecule has 0 spiro atoms. The zero-order valence-electron chi connectivity index (χ0n) is 12.4. The van der Waals surface area contributed by atoms with E-state index in [1.54, 1.807) is 4.90 Å². The van der Waals surface area contributed by atoms with Crippen LogP contribution in [0, 0.1) is 0 Å². The van der Waals surface area contributed by atoms with Gasteiger partial charge < -0.3 is 15.1 Å². The molecular formula is C16H19N5O. The molecule has 114 valence electrons. The van der Waals surface area contributed by atoms with Crippen LogP contribution >= 0.6 is 0 Å². The number of benzene rings is 1. The number of piperazine rings is 1. The van der Waals surface area contributed by atoms with Gasteiger partial charge in [0.25, 0.3) is 0 Å². The van der Waals surface area contributed by atoms with Gasteiger partial charge >= 0.3 is 0 Å². The number of fused-ring (bicyclic) bond motifs is 1. The maximum atomic E-state index is 10.9. The minimum Gasteiger partial charge on any atom is -0.364 e. The van der Waals surface area contributed by atoms with Crippen LogP contribution in [0.1, 0.15) is 12.8 Å². The lowest BCUT2D eigenvalue weighted by Gasteiger charge is -2.34. The summed E-state index contributed by atoms with van der Waals surface area (Å²) in [5.74, 6) is 1.79. The normalized spacial score (nSPS) is 18.5. The maximum Gasteiger partial charge on any atom is 0.209 e. The second-order valence-electron chi connectivity index (χ2n) is 5.93. The summed E-state index contributed by atoms with van der Waals surface area (Å²) in [4.78, 5) is 24.5. The summed E-state index contributed by atoms with van der Waals surface area (Å²) in [5.41, 5.74) is 1.83. The zero-order chi connectivity index (χ0) is 14.9. The van der Waals surface area contributed by atoms with Gasteiger partial charge in [0.2, 0.25) is 6.41 Å². The number of nitrogens with one attached hydrogen (secondary N) is 1. The van der Waals surface area contributed by atoms with Gasteiger partial charge in [0, 0.05) is 32.2 Å². The van der Waals surface area contributed by atoms with E-state index < -0.39 is 0 Å². The molecule has 2 aromatic rings. The molecule has 22 heavy (non-hydrogen) atoms. The van der Waals surface area contributed by atoms with E-state index in [-0.39, 0.29) is 0 Å². The second kappa shape index (κ2) is 5.44. The monoisotopic (exact) mass is 297 g/mol. The molecule has 4 rings (SSSR count). The summed E-state index contributed by atoms with van der Waals surface area (Å²) >= 11 is 0. The summed E-state index contributed by atoms with van der Waals surface area (Å²) in [6, 6.07) is 8.49. The lowest BCUT2D eigenvalue weighted by atomic mass is 10.3. The highest BCUT2D eigenvalue weighted by Gasteiger charge is 2.26. The topological polar surface area (TPSA) is 61.4 Å². The molecule has 1 N–H and O–H groups in total. The average molecular weight is 297 g/mol. The minimum atomic E-state index is 0.533. The van der Waals surface area contributed by atoms with Crippen molar-refractivity contribution in [3.8, 4) is 0 Å². The third-order valence-electron chi connectivity index (χ3n) is 4.23. The van der Waals surface area contributed by atoms with Gasteiger partial charge in [0.1, 0.15) is 0 Å². The van der Waals surface area contributed by atoms with Crippen LogP contribution in [0.3, 0.4) is 0 Å². The van der Waals surface area contributed by atoms with Crippen LogP contribution < -0.4 is 10.2 Å². The second-order valence-corrected chi connectivity index (χ2v) is 5.93. The number of hydrogen-bond donors (Lipinski definition) is 1. The Bertz CT molecular complexity index is 692. The molecule has 1 aromatic carbocycles. The lowest BCUT2D eigenvalue weighted by Crippen LogP contribution is -2.46. The fourth-order valence-electron chi connectivity index (χ4n) is 2.77. The standard InChI is InChI=1S/C16H19N5O/c22-11-20-7-9-21(10-8-20)16-15(17-12-5-6-12)18-13-3-1-2-4-14(13)19-16/h1-4,11-12H,5-10H2,(H,17,18). The molecule has 6 nitrogen and oxygen atoms in total. The van der Waals surface area contributed by atoms with Crippen molar-refractivity contribution in [2.24, 2.45) is 0 Å². The highest BCUT2D eigenvalue weighted by Crippen LogP contribution is 2.31. The molecule has 0 bridgehead atoms. The van der Waals surface area contributed by atoms with Crippen LogP contribution in [-0.4, -0.2) is 53.5 Å². The quantitative estimate of drug-likeness (QED) is 0.866. The molecule has 1 saturated heterocycles. The molecule has 1 amide bonds. The van der Waals surface area contributed by atoms with Crippen molar-refractivity contribution in [1.29, 1.82) is 0 Å². The van der Waals surface area contributed by atoms with E-state index >= 15 is 0 Å². The van der Waals surface area contributed by atoms with E-state index in [1.807, 2.05) is 24.3 Å². The van der Waals surface area contributed by atoms with Crippen molar-refractivity contribution in [3.63, 3.8) is 0 Å². The molecular weight excluding hydrogens is 278 g/mol. The summed E-state index contributed by atoms with van der Waals surface area (Å²) in [5, 5.41) is 3.50. The predicted molar refractivity (Wildman–Crippen MR) is 86.0 cm³/mol. The van der Waals surface area contributed by atoms with Gasteiger partial charge in [-0.1, -0.05) is 12.1 Å². The van der Waals surface area contributed by atoms with Crippen molar-refractivity contribution >= 4 is 29.1 Å². The number of amides is 1. The van der Waals surface area contributed by atoms with Gasteiger partial charge in [-0.05, 0) is 25.0 Å². The van der Waals surface area contributed by atoms with Gasteiger partial charge in [-0.2, -0.15) is 0 Å². The smallest absolute Gasteiger partial charge is 0.209 e. The number of para-hydroxylation sites is 2. The maximum absolute atomic E-state index is 10.9. The first-order valence-electron chi connectivity index (χ1n) is 7.81. The first kappa shape index (κ1) is 13.3. The molecule has 1 aromatic heterocycles. The Kier molecular flexibility index (Phi) is 3.29. The Morgan fingerprint density at radius 2 is 1.73 bits per heavy atom. The number of aromatic nitrogens is 2. The first-order chi connectivity index (χ1) is 10.8. The Hall–Kier alpha value is -2.37. The summed E-state index contributed by atoms with van der Waals surface area (Å²) < 4.78 is 0. The molecule has 2 aliphatic rings. The highest BCUT2D eigenvalue weighted by molar-refractivity contribution is 5.80. The van der Waals surface area contributed by atoms with Crippen LogP contribution in [0.5, 0.6) is 0 Å². The van der Waals surface area contributed by atoms with E-state index in [4.69, 9.17) is 9.97 Å². The van der Waals surface area contributed by atoms with E-state index in [0.29, 0.717) is 6.04 Å². The molecule has 6 heteroatoms. The van der Waals surface area contributed by atoms with Crippen LogP contribution in [0.4, 0.5) is 11.6 Å². The van der Waals surface area contributed by atoms with Crippen molar-refractivity contribution in [3.05, 3.63) is 24.3 Å². The number of nitrogens with zero attached hydrogens (tertiary/aromatic N) is 4. The third kappa shape index (κ3) is 2.56. The Morgan fingerprint density at radius 3 is 2.36 bits per heavy atom. The largest absolute Gasteiger partial charge is 0.364 e. The molecule has 0 radical (unpaired) electrons. The Morgan fingerprint density at radius 1 is 1.05 bits per heavy atom. The van der Waals surface area contributed by atoms with Crippen molar-refractivity contribution < 1.29 is 4.79 Å². The predicted octanol–water partition coefficient (Wildman–Crippen LogP) is 1.48. The number of carbonyl (C=O) groups is 1. The summed E-state index contributed by atoms with van der Waals surface area (Å²) in [7, 11) is 0. The number of anilines is 2. The van der Waals surface area contributed by atoms with Crippen molar-refractivity contribution in [1.82, 2.24) is 14.9 Å². The minimum absolute atomic E-state index is 0.533. The average Bonchev–Trinajstić information content (AvgIpc) is 3.38. The van der Waals surface area contributed by atoms with Gasteiger partial charge in [0.15, 0.2) is 11.6 Å². The van der Waals surface area contributed by atoms with E-state index in [9.17, 15) is 4.79 Å². The van der Waals surface area contributed by atoms with Crippen molar-refractivity contribution in [2.45, 2.75) is 18.9 Å². The highest BCUT2D eigenvalue weighted by atomic mass is 16.1. The number of hydrogen-bond acceptors (Lipinski definition) is 5. The molecule has 1 aliphatic carbocycles. The third-order valence-corrected chi connectivity index (χ3v) is 4.23. The molecule has 1 aliphatic heterocycles. The van der Waals surface area contributed by atoms with Crippen LogP contribution in [-0.2, 0) is 4.79 Å². The van der Waals surface area contributed by atoms with Crippen LogP contribution in [0.15, 0.2) is 24.3 Å². The molecule has 2 fully saturated rings. The van der Waals surface area contributed by atoms with E-state index in [0.717, 1.165) is 55.3 Å². The lowest BCUT2D eigenvalue weighted by molar-refractivity contribution is -0.118. The van der Waals surface area contributed by atoms with E-state index in [1.165, 1.54) is 12.8 Å².